The van der Waals surface area contributed by atoms with Crippen LogP contribution in [0.5, 0.6) is 0 Å². The summed E-state index contributed by atoms with van der Waals surface area (Å²) >= 11 is 0. The standard InChI is InChI=1S/C15H11N3/c1-3-7-12(8-4-1)14-11-15(17-18-16-14)13-9-5-2-6-10-13/h1-11H. The molecular weight excluding hydrogens is 222 g/mol. The summed E-state index contributed by atoms with van der Waals surface area (Å²) in [6.07, 6.45) is 0. The molecule has 0 aliphatic rings. The van der Waals surface area contributed by atoms with E-state index in [0.717, 1.165) is 22.5 Å². The van der Waals surface area contributed by atoms with Crippen molar-refractivity contribution in [2.24, 2.45) is 0 Å². The predicted molar refractivity (Wildman–Crippen MR) is 70.7 cm³/mol. The molecule has 3 nitrogen and oxygen atoms in total. The Morgan fingerprint density at radius 1 is 0.556 bits per heavy atom. The van der Waals surface area contributed by atoms with Crippen LogP contribution in [0.25, 0.3) is 22.5 Å². The van der Waals surface area contributed by atoms with Gasteiger partial charge in [0.05, 0.1) is 11.4 Å². The van der Waals surface area contributed by atoms with Crippen molar-refractivity contribution in [2.75, 3.05) is 0 Å². The molecular formula is C15H11N3. The second-order valence-corrected chi connectivity index (χ2v) is 3.94. The molecule has 3 aromatic rings. The first-order valence-electron chi connectivity index (χ1n) is 5.75. The fourth-order valence-corrected chi connectivity index (χ4v) is 1.81. The number of hydrogen-bond acceptors (Lipinski definition) is 3. The summed E-state index contributed by atoms with van der Waals surface area (Å²) in [5.74, 6) is 0. The molecule has 1 aromatic heterocycles. The monoisotopic (exact) mass is 233 g/mol. The maximum absolute atomic E-state index is 4.07. The molecule has 0 aliphatic heterocycles. The van der Waals surface area contributed by atoms with Gasteiger partial charge in [0.1, 0.15) is 0 Å². The second-order valence-electron chi connectivity index (χ2n) is 3.94. The topological polar surface area (TPSA) is 38.7 Å². The van der Waals surface area contributed by atoms with Crippen LogP contribution in [0.2, 0.25) is 0 Å². The minimum atomic E-state index is 0.837. The molecule has 18 heavy (non-hydrogen) atoms. The van der Waals surface area contributed by atoms with Crippen molar-refractivity contribution in [3.63, 3.8) is 0 Å². The summed E-state index contributed by atoms with van der Waals surface area (Å²) in [7, 11) is 0. The van der Waals surface area contributed by atoms with Gasteiger partial charge in [-0.1, -0.05) is 60.7 Å². The Hall–Kier alpha value is -2.55. The first-order chi connectivity index (χ1) is 8.93. The summed E-state index contributed by atoms with van der Waals surface area (Å²) < 4.78 is 0. The Labute approximate surface area is 105 Å². The maximum atomic E-state index is 4.07. The van der Waals surface area contributed by atoms with E-state index in [4.69, 9.17) is 0 Å². The Balaban J connectivity index is 2.05. The molecule has 0 atom stereocenters. The quantitative estimate of drug-likeness (QED) is 0.682. The van der Waals surface area contributed by atoms with Gasteiger partial charge in [0, 0.05) is 11.1 Å². The SMILES string of the molecule is c1ccc(-c2cc(-c3ccccc3)nnn2)cc1. The highest BCUT2D eigenvalue weighted by molar-refractivity contribution is 5.66. The van der Waals surface area contributed by atoms with Gasteiger partial charge in [0.2, 0.25) is 0 Å². The van der Waals surface area contributed by atoms with E-state index in [9.17, 15) is 0 Å². The zero-order valence-electron chi connectivity index (χ0n) is 9.69. The molecule has 0 amide bonds. The molecule has 0 radical (unpaired) electrons. The van der Waals surface area contributed by atoms with Crippen molar-refractivity contribution >= 4 is 0 Å². The van der Waals surface area contributed by atoms with Gasteiger partial charge in [0.25, 0.3) is 0 Å². The number of nitrogens with zero attached hydrogens (tertiary/aromatic N) is 3. The minimum Gasteiger partial charge on any atom is -0.130 e. The Morgan fingerprint density at radius 2 is 1.00 bits per heavy atom. The van der Waals surface area contributed by atoms with Crippen LogP contribution < -0.4 is 0 Å². The smallest absolute Gasteiger partial charge is 0.0969 e. The van der Waals surface area contributed by atoms with Gasteiger partial charge in [-0.2, -0.15) is 0 Å². The van der Waals surface area contributed by atoms with Gasteiger partial charge in [-0.05, 0) is 11.3 Å². The van der Waals surface area contributed by atoms with Crippen molar-refractivity contribution in [3.8, 4) is 22.5 Å². The third kappa shape index (κ3) is 2.11. The highest BCUT2D eigenvalue weighted by atomic mass is 15.3. The zero-order valence-corrected chi connectivity index (χ0v) is 9.69. The third-order valence-electron chi connectivity index (χ3n) is 2.72. The molecule has 0 aliphatic carbocycles. The molecule has 3 heteroatoms. The van der Waals surface area contributed by atoms with Crippen molar-refractivity contribution in [1.29, 1.82) is 0 Å². The van der Waals surface area contributed by atoms with Gasteiger partial charge >= 0.3 is 0 Å². The zero-order chi connectivity index (χ0) is 12.2. The van der Waals surface area contributed by atoms with Crippen molar-refractivity contribution in [1.82, 2.24) is 15.4 Å². The molecule has 3 rings (SSSR count). The number of hydrogen-bond donors (Lipinski definition) is 0. The summed E-state index contributed by atoms with van der Waals surface area (Å²) in [5.41, 5.74) is 3.77. The van der Waals surface area contributed by atoms with Gasteiger partial charge in [-0.15, -0.1) is 10.2 Å². The molecule has 0 bridgehead atoms. The van der Waals surface area contributed by atoms with E-state index in [1.54, 1.807) is 0 Å². The van der Waals surface area contributed by atoms with E-state index < -0.39 is 0 Å². The van der Waals surface area contributed by atoms with Crippen LogP contribution in [-0.4, -0.2) is 15.4 Å². The number of benzene rings is 2. The summed E-state index contributed by atoms with van der Waals surface area (Å²) in [5, 5.41) is 12.0. The number of rotatable bonds is 2. The first-order valence-corrected chi connectivity index (χ1v) is 5.75. The summed E-state index contributed by atoms with van der Waals surface area (Å²) in [6, 6.07) is 21.9. The first kappa shape index (κ1) is 10.6. The van der Waals surface area contributed by atoms with Crippen LogP contribution >= 0.6 is 0 Å². The second kappa shape index (κ2) is 4.75. The predicted octanol–water partition coefficient (Wildman–Crippen LogP) is 3.21. The lowest BCUT2D eigenvalue weighted by atomic mass is 10.1. The normalized spacial score (nSPS) is 10.2. The molecule has 2 aromatic carbocycles. The van der Waals surface area contributed by atoms with E-state index in [1.165, 1.54) is 0 Å². The molecule has 0 saturated heterocycles. The van der Waals surface area contributed by atoms with Crippen LogP contribution in [-0.2, 0) is 0 Å². The molecule has 86 valence electrons. The van der Waals surface area contributed by atoms with E-state index in [1.807, 2.05) is 66.7 Å². The van der Waals surface area contributed by atoms with E-state index in [2.05, 4.69) is 15.4 Å². The molecule has 0 unspecified atom stereocenters. The molecule has 1 heterocycles. The molecule has 0 saturated carbocycles. The van der Waals surface area contributed by atoms with E-state index in [0.29, 0.717) is 0 Å². The van der Waals surface area contributed by atoms with Crippen molar-refractivity contribution in [2.45, 2.75) is 0 Å². The Bertz CT molecular complexity index is 581. The lowest BCUT2D eigenvalue weighted by molar-refractivity contribution is 0.876. The van der Waals surface area contributed by atoms with Crippen LogP contribution in [0.3, 0.4) is 0 Å². The van der Waals surface area contributed by atoms with E-state index >= 15 is 0 Å². The van der Waals surface area contributed by atoms with Gasteiger partial charge in [-0.3, -0.25) is 0 Å². The minimum absolute atomic E-state index is 0.837. The molecule has 0 N–H and O–H groups in total. The highest BCUT2D eigenvalue weighted by Gasteiger charge is 2.04. The fraction of sp³-hybridized carbons (Fsp3) is 0. The highest BCUT2D eigenvalue weighted by Crippen LogP contribution is 2.21. The van der Waals surface area contributed by atoms with Crippen molar-refractivity contribution in [3.05, 3.63) is 66.7 Å². The van der Waals surface area contributed by atoms with Crippen LogP contribution in [0.4, 0.5) is 0 Å². The maximum Gasteiger partial charge on any atom is 0.0969 e. The fourth-order valence-electron chi connectivity index (χ4n) is 1.81. The van der Waals surface area contributed by atoms with Crippen LogP contribution in [0, 0.1) is 0 Å². The van der Waals surface area contributed by atoms with Crippen LogP contribution in [0.1, 0.15) is 0 Å². The summed E-state index contributed by atoms with van der Waals surface area (Å²) in [6.45, 7) is 0. The lowest BCUT2D eigenvalue weighted by Gasteiger charge is -2.02. The van der Waals surface area contributed by atoms with Crippen molar-refractivity contribution < 1.29 is 0 Å². The largest absolute Gasteiger partial charge is 0.130 e. The van der Waals surface area contributed by atoms with Gasteiger partial charge < -0.3 is 0 Å². The van der Waals surface area contributed by atoms with E-state index in [-0.39, 0.29) is 0 Å². The lowest BCUT2D eigenvalue weighted by Crippen LogP contribution is -1.93. The third-order valence-corrected chi connectivity index (χ3v) is 2.72. The number of aromatic nitrogens is 3. The van der Waals surface area contributed by atoms with Crippen LogP contribution in [0.15, 0.2) is 66.7 Å². The molecule has 0 spiro atoms. The van der Waals surface area contributed by atoms with Gasteiger partial charge in [-0.25, -0.2) is 0 Å². The Morgan fingerprint density at radius 3 is 1.44 bits per heavy atom. The summed E-state index contributed by atoms with van der Waals surface area (Å²) in [4.78, 5) is 0. The molecule has 0 fully saturated rings. The average Bonchev–Trinajstić information content (AvgIpc) is 2.49. The Kier molecular flexibility index (Phi) is 2.80. The average molecular weight is 233 g/mol. The van der Waals surface area contributed by atoms with Gasteiger partial charge in [0.15, 0.2) is 0 Å².